The summed E-state index contributed by atoms with van der Waals surface area (Å²) in [4.78, 5) is 14.9. The van der Waals surface area contributed by atoms with E-state index in [9.17, 15) is 13.2 Å². The van der Waals surface area contributed by atoms with Gasteiger partial charge in [0, 0.05) is 23.5 Å². The Hall–Kier alpha value is -4.10. The Labute approximate surface area is 204 Å². The molecule has 4 aromatic rings. The highest BCUT2D eigenvalue weighted by atomic mass is 32.2. The number of sulfonamides is 1. The number of benzene rings is 4. The minimum absolute atomic E-state index is 0.0280. The first kappa shape index (κ1) is 22.7. The molecule has 0 aliphatic carbocycles. The topological polar surface area (TPSA) is 75.7 Å². The van der Waals surface area contributed by atoms with Crippen LogP contribution in [0.3, 0.4) is 0 Å². The number of carbonyl (C=O) groups excluding carboxylic acids is 1. The normalized spacial score (nSPS) is 12.7. The molecule has 5 rings (SSSR count). The van der Waals surface area contributed by atoms with Crippen LogP contribution in [-0.2, 0) is 23.1 Å². The van der Waals surface area contributed by atoms with Crippen LogP contribution in [0.4, 0.5) is 11.4 Å². The second-order valence-electron chi connectivity index (χ2n) is 8.27. The maximum Gasteiger partial charge on any atom is 0.261 e. The van der Waals surface area contributed by atoms with Crippen LogP contribution in [0.5, 0.6) is 5.75 Å². The molecule has 35 heavy (non-hydrogen) atoms. The minimum atomic E-state index is -3.88. The molecule has 1 aliphatic heterocycles. The average molecular weight is 485 g/mol. The van der Waals surface area contributed by atoms with E-state index in [-0.39, 0.29) is 10.8 Å². The van der Waals surface area contributed by atoms with E-state index in [0.29, 0.717) is 30.2 Å². The Bertz CT molecular complexity index is 1450. The number of fused-ring (bicyclic) bond motifs is 1. The van der Waals surface area contributed by atoms with Crippen molar-refractivity contribution >= 4 is 27.3 Å². The Morgan fingerprint density at radius 2 is 1.60 bits per heavy atom. The molecule has 1 N–H and O–H groups in total. The van der Waals surface area contributed by atoms with Crippen molar-refractivity contribution in [3.05, 3.63) is 120 Å². The molecule has 4 aromatic carbocycles. The van der Waals surface area contributed by atoms with E-state index in [1.54, 1.807) is 41.3 Å². The zero-order chi connectivity index (χ0) is 24.3. The lowest BCUT2D eigenvalue weighted by molar-refractivity contribution is 0.0989. The largest absolute Gasteiger partial charge is 0.489 e. The number of anilines is 2. The minimum Gasteiger partial charge on any atom is -0.489 e. The van der Waals surface area contributed by atoms with Gasteiger partial charge in [0.1, 0.15) is 12.4 Å². The lowest BCUT2D eigenvalue weighted by atomic mass is 10.1. The molecule has 0 unspecified atom stereocenters. The van der Waals surface area contributed by atoms with Crippen molar-refractivity contribution in [2.45, 2.75) is 17.9 Å². The molecule has 0 saturated carbocycles. The van der Waals surface area contributed by atoms with Crippen LogP contribution in [-0.4, -0.2) is 20.9 Å². The number of amides is 1. The molecular weight excluding hydrogens is 460 g/mol. The maximum atomic E-state index is 13.1. The van der Waals surface area contributed by atoms with Gasteiger partial charge in [0.05, 0.1) is 4.90 Å². The third-order valence-corrected chi connectivity index (χ3v) is 7.26. The fourth-order valence-corrected chi connectivity index (χ4v) is 5.18. The SMILES string of the molecule is O=C(c1cccc(S(=O)(=O)Nc2ccc(OCc3ccccc3)cc2)c1)N1CCc2ccccc21. The molecule has 7 heteroatoms. The molecule has 0 radical (unpaired) electrons. The third-order valence-electron chi connectivity index (χ3n) is 5.88. The predicted molar refractivity (Wildman–Crippen MR) is 136 cm³/mol. The highest BCUT2D eigenvalue weighted by Gasteiger charge is 2.26. The maximum absolute atomic E-state index is 13.1. The molecule has 0 bridgehead atoms. The van der Waals surface area contributed by atoms with Gasteiger partial charge in [-0.1, -0.05) is 54.6 Å². The van der Waals surface area contributed by atoms with E-state index in [1.807, 2.05) is 54.6 Å². The molecule has 1 amide bonds. The Morgan fingerprint density at radius 1 is 0.857 bits per heavy atom. The van der Waals surface area contributed by atoms with Crippen molar-refractivity contribution in [2.24, 2.45) is 0 Å². The van der Waals surface area contributed by atoms with Gasteiger partial charge in [-0.25, -0.2) is 8.42 Å². The standard InChI is InChI=1S/C28H24N2O4S/c31-28(30-18-17-22-9-4-5-12-27(22)30)23-10-6-11-26(19-23)35(32,33)29-24-13-15-25(16-14-24)34-20-21-7-2-1-3-8-21/h1-16,19,29H,17-18,20H2. The number of carbonyl (C=O) groups is 1. The smallest absolute Gasteiger partial charge is 0.261 e. The Kier molecular flexibility index (Phi) is 6.25. The van der Waals surface area contributed by atoms with E-state index < -0.39 is 10.0 Å². The number of nitrogens with one attached hydrogen (secondary N) is 1. The summed E-state index contributed by atoms with van der Waals surface area (Å²) >= 11 is 0. The first-order valence-electron chi connectivity index (χ1n) is 11.3. The molecular formula is C28H24N2O4S. The van der Waals surface area contributed by atoms with E-state index in [1.165, 1.54) is 12.1 Å². The second kappa shape index (κ2) is 9.64. The van der Waals surface area contributed by atoms with Crippen LogP contribution in [0.15, 0.2) is 108 Å². The van der Waals surface area contributed by atoms with E-state index in [0.717, 1.165) is 23.2 Å². The highest BCUT2D eigenvalue weighted by molar-refractivity contribution is 7.92. The number of para-hydroxylation sites is 1. The van der Waals surface area contributed by atoms with Crippen LogP contribution in [0.2, 0.25) is 0 Å². The molecule has 0 saturated heterocycles. The quantitative estimate of drug-likeness (QED) is 0.388. The first-order valence-corrected chi connectivity index (χ1v) is 12.8. The van der Waals surface area contributed by atoms with Crippen LogP contribution in [0.25, 0.3) is 0 Å². The summed E-state index contributed by atoms with van der Waals surface area (Å²) in [5, 5.41) is 0. The fraction of sp³-hybridized carbons (Fsp3) is 0.107. The van der Waals surface area contributed by atoms with Crippen LogP contribution in [0, 0.1) is 0 Å². The van der Waals surface area contributed by atoms with Gasteiger partial charge in [-0.3, -0.25) is 9.52 Å². The van der Waals surface area contributed by atoms with E-state index in [4.69, 9.17) is 4.74 Å². The van der Waals surface area contributed by atoms with Gasteiger partial charge in [0.2, 0.25) is 0 Å². The number of hydrogen-bond acceptors (Lipinski definition) is 4. The molecule has 1 aliphatic rings. The molecule has 0 fully saturated rings. The van der Waals surface area contributed by atoms with Crippen molar-refractivity contribution in [2.75, 3.05) is 16.2 Å². The summed E-state index contributed by atoms with van der Waals surface area (Å²) in [6, 6.07) is 30.4. The summed E-state index contributed by atoms with van der Waals surface area (Å²) in [5.74, 6) is 0.419. The summed E-state index contributed by atoms with van der Waals surface area (Å²) in [5.41, 5.74) is 3.77. The lowest BCUT2D eigenvalue weighted by Crippen LogP contribution is -2.29. The Morgan fingerprint density at radius 3 is 2.40 bits per heavy atom. The number of rotatable bonds is 7. The van der Waals surface area contributed by atoms with Crippen molar-refractivity contribution in [1.29, 1.82) is 0 Å². The van der Waals surface area contributed by atoms with Crippen molar-refractivity contribution < 1.29 is 17.9 Å². The van der Waals surface area contributed by atoms with E-state index in [2.05, 4.69) is 4.72 Å². The molecule has 176 valence electrons. The monoisotopic (exact) mass is 484 g/mol. The van der Waals surface area contributed by atoms with Gasteiger partial charge in [-0.2, -0.15) is 0 Å². The lowest BCUT2D eigenvalue weighted by Gasteiger charge is -2.18. The van der Waals surface area contributed by atoms with Gasteiger partial charge in [0.25, 0.3) is 15.9 Å². The van der Waals surface area contributed by atoms with Crippen molar-refractivity contribution in [3.8, 4) is 5.75 Å². The molecule has 1 heterocycles. The third kappa shape index (κ3) is 5.05. The van der Waals surface area contributed by atoms with Gasteiger partial charge >= 0.3 is 0 Å². The summed E-state index contributed by atoms with van der Waals surface area (Å²) in [6.45, 7) is 1.00. The van der Waals surface area contributed by atoms with E-state index >= 15 is 0 Å². The number of hydrogen-bond donors (Lipinski definition) is 1. The summed E-state index contributed by atoms with van der Waals surface area (Å²) in [7, 11) is -3.88. The highest BCUT2D eigenvalue weighted by Crippen LogP contribution is 2.29. The zero-order valence-electron chi connectivity index (χ0n) is 18.9. The molecule has 0 aromatic heterocycles. The number of ether oxygens (including phenoxy) is 1. The second-order valence-corrected chi connectivity index (χ2v) is 9.95. The van der Waals surface area contributed by atoms with Gasteiger partial charge in [-0.05, 0) is 66.1 Å². The number of nitrogens with zero attached hydrogens (tertiary/aromatic N) is 1. The summed E-state index contributed by atoms with van der Waals surface area (Å²) in [6.07, 6.45) is 0.784. The first-order chi connectivity index (χ1) is 17.0. The van der Waals surface area contributed by atoms with Crippen molar-refractivity contribution in [1.82, 2.24) is 0 Å². The predicted octanol–water partition coefficient (Wildman–Crippen LogP) is 5.27. The van der Waals surface area contributed by atoms with Crippen LogP contribution >= 0.6 is 0 Å². The fourth-order valence-electron chi connectivity index (χ4n) is 4.08. The van der Waals surface area contributed by atoms with Crippen molar-refractivity contribution in [3.63, 3.8) is 0 Å². The molecule has 6 nitrogen and oxygen atoms in total. The van der Waals surface area contributed by atoms with Gasteiger partial charge in [-0.15, -0.1) is 0 Å². The summed E-state index contributed by atoms with van der Waals surface area (Å²) < 4.78 is 34.4. The van der Waals surface area contributed by atoms with Crippen LogP contribution in [0.1, 0.15) is 21.5 Å². The van der Waals surface area contributed by atoms with Gasteiger partial charge < -0.3 is 9.64 Å². The average Bonchev–Trinajstić information content (AvgIpc) is 3.33. The Balaban J connectivity index is 1.28. The molecule has 0 atom stereocenters. The zero-order valence-corrected chi connectivity index (χ0v) is 19.7. The van der Waals surface area contributed by atoms with Gasteiger partial charge in [0.15, 0.2) is 0 Å². The molecule has 0 spiro atoms. The van der Waals surface area contributed by atoms with Crippen LogP contribution < -0.4 is 14.4 Å².